The fourth-order valence-corrected chi connectivity index (χ4v) is 4.77. The van der Waals surface area contributed by atoms with Crippen LogP contribution in [0, 0.1) is 17.8 Å². The number of esters is 1. The van der Waals surface area contributed by atoms with Crippen molar-refractivity contribution >= 4 is 5.97 Å². The Kier molecular flexibility index (Phi) is 10.7. The molecule has 2 aromatic carbocycles. The van der Waals surface area contributed by atoms with Crippen LogP contribution in [0.25, 0.3) is 0 Å². The van der Waals surface area contributed by atoms with Gasteiger partial charge in [-0.1, -0.05) is 51.3 Å². The molecule has 1 aliphatic rings. The third kappa shape index (κ3) is 8.66. The topological polar surface area (TPSA) is 35.5 Å². The first-order valence-corrected chi connectivity index (χ1v) is 13.2. The molecule has 184 valence electrons. The van der Waals surface area contributed by atoms with Gasteiger partial charge in [0, 0.05) is 0 Å². The van der Waals surface area contributed by atoms with Crippen molar-refractivity contribution in [1.82, 2.24) is 0 Å². The molecule has 3 rings (SSSR count). The molecule has 0 N–H and O–H groups in total. The number of rotatable bonds is 13. The van der Waals surface area contributed by atoms with Gasteiger partial charge >= 0.3 is 5.97 Å². The number of ether oxygens (including phenoxy) is 2. The number of hydrogen-bond donors (Lipinski definition) is 0. The molecule has 1 aliphatic carbocycles. The van der Waals surface area contributed by atoms with E-state index in [1.165, 1.54) is 56.9 Å². The summed E-state index contributed by atoms with van der Waals surface area (Å²) < 4.78 is 11.4. The Bertz CT molecular complexity index is 861. The van der Waals surface area contributed by atoms with Crippen molar-refractivity contribution < 1.29 is 14.3 Å². The molecule has 0 aliphatic heterocycles. The molecule has 3 nitrogen and oxygen atoms in total. The van der Waals surface area contributed by atoms with Crippen molar-refractivity contribution in [3.8, 4) is 11.5 Å². The minimum absolute atomic E-state index is 0.340. The number of aryl methyl sites for hydroxylation is 1. The van der Waals surface area contributed by atoms with Crippen molar-refractivity contribution in [2.75, 3.05) is 6.61 Å². The van der Waals surface area contributed by atoms with Crippen molar-refractivity contribution in [3.63, 3.8) is 0 Å². The molecule has 1 fully saturated rings. The second-order valence-corrected chi connectivity index (χ2v) is 10.0. The van der Waals surface area contributed by atoms with Crippen LogP contribution in [0.2, 0.25) is 0 Å². The third-order valence-electron chi connectivity index (χ3n) is 7.34. The Morgan fingerprint density at radius 2 is 1.65 bits per heavy atom. The molecular formula is C31H42O3. The number of carbonyl (C=O) groups is 1. The summed E-state index contributed by atoms with van der Waals surface area (Å²) in [7, 11) is 0. The number of hydrogen-bond acceptors (Lipinski definition) is 3. The first kappa shape index (κ1) is 26.1. The largest absolute Gasteiger partial charge is 0.494 e. The van der Waals surface area contributed by atoms with Gasteiger partial charge in [-0.2, -0.15) is 0 Å². The Labute approximate surface area is 206 Å². The van der Waals surface area contributed by atoms with Gasteiger partial charge < -0.3 is 9.47 Å². The Hall–Kier alpha value is -2.55. The van der Waals surface area contributed by atoms with Crippen LogP contribution >= 0.6 is 0 Å². The van der Waals surface area contributed by atoms with Gasteiger partial charge in [0.1, 0.15) is 11.5 Å². The molecule has 0 radical (unpaired) electrons. The minimum Gasteiger partial charge on any atom is -0.494 e. The Morgan fingerprint density at radius 3 is 2.29 bits per heavy atom. The molecule has 1 saturated carbocycles. The lowest BCUT2D eigenvalue weighted by Gasteiger charge is -2.27. The lowest BCUT2D eigenvalue weighted by molar-refractivity contribution is 0.0734. The fourth-order valence-electron chi connectivity index (χ4n) is 4.77. The highest BCUT2D eigenvalue weighted by atomic mass is 16.5. The summed E-state index contributed by atoms with van der Waals surface area (Å²) in [5.41, 5.74) is 1.84. The molecule has 3 heteroatoms. The van der Waals surface area contributed by atoms with Crippen LogP contribution in [0.4, 0.5) is 0 Å². The maximum atomic E-state index is 12.5. The van der Waals surface area contributed by atoms with Crippen LogP contribution in [-0.4, -0.2) is 12.6 Å². The lowest BCUT2D eigenvalue weighted by atomic mass is 9.78. The van der Waals surface area contributed by atoms with E-state index in [0.29, 0.717) is 17.9 Å². The van der Waals surface area contributed by atoms with E-state index < -0.39 is 0 Å². The van der Waals surface area contributed by atoms with Crippen LogP contribution in [0.5, 0.6) is 11.5 Å². The second kappa shape index (κ2) is 14.0. The number of benzene rings is 2. The molecule has 2 aromatic rings. The van der Waals surface area contributed by atoms with Crippen molar-refractivity contribution in [1.29, 1.82) is 0 Å². The van der Waals surface area contributed by atoms with E-state index >= 15 is 0 Å². The van der Waals surface area contributed by atoms with Gasteiger partial charge in [0.05, 0.1) is 12.2 Å². The van der Waals surface area contributed by atoms with Gasteiger partial charge in [0.2, 0.25) is 0 Å². The number of allylic oxidation sites excluding steroid dienone is 1. The maximum absolute atomic E-state index is 12.5. The molecule has 0 saturated heterocycles. The zero-order valence-electron chi connectivity index (χ0n) is 21.1. The summed E-state index contributed by atoms with van der Waals surface area (Å²) in [4.78, 5) is 12.5. The zero-order chi connectivity index (χ0) is 24.2. The molecule has 0 bridgehead atoms. The fraction of sp³-hybridized carbons (Fsp3) is 0.516. The van der Waals surface area contributed by atoms with Crippen molar-refractivity contribution in [2.24, 2.45) is 17.8 Å². The summed E-state index contributed by atoms with van der Waals surface area (Å²) >= 11 is 0. The molecule has 0 amide bonds. The molecule has 34 heavy (non-hydrogen) atoms. The van der Waals surface area contributed by atoms with Gasteiger partial charge in [0.25, 0.3) is 0 Å². The summed E-state index contributed by atoms with van der Waals surface area (Å²) in [5, 5.41) is 0. The molecule has 1 atom stereocenters. The van der Waals surface area contributed by atoms with E-state index in [0.717, 1.165) is 36.3 Å². The van der Waals surface area contributed by atoms with Crippen molar-refractivity contribution in [2.45, 2.75) is 78.1 Å². The quantitative estimate of drug-likeness (QED) is 0.130. The molecule has 0 heterocycles. The summed E-state index contributed by atoms with van der Waals surface area (Å²) in [6.07, 6.45) is 14.4. The number of carbonyl (C=O) groups excluding carboxylic acids is 1. The second-order valence-electron chi connectivity index (χ2n) is 10.0. The van der Waals surface area contributed by atoms with Gasteiger partial charge in [-0.3, -0.25) is 0 Å². The third-order valence-corrected chi connectivity index (χ3v) is 7.34. The highest BCUT2D eigenvalue weighted by molar-refractivity contribution is 5.91. The van der Waals surface area contributed by atoms with Crippen LogP contribution in [-0.2, 0) is 6.42 Å². The van der Waals surface area contributed by atoms with E-state index in [1.807, 2.05) is 24.3 Å². The molecular weight excluding hydrogens is 420 g/mol. The first-order valence-electron chi connectivity index (χ1n) is 13.2. The van der Waals surface area contributed by atoms with E-state index in [9.17, 15) is 4.79 Å². The zero-order valence-corrected chi connectivity index (χ0v) is 21.1. The van der Waals surface area contributed by atoms with E-state index in [4.69, 9.17) is 9.47 Å². The minimum atomic E-state index is -0.340. The van der Waals surface area contributed by atoms with Crippen LogP contribution < -0.4 is 9.47 Å². The standard InChI is InChI=1S/C31H42O3/c1-4-7-25-9-11-26(12-10-25)13-14-27-15-19-30(20-16-27)34-31(32)28-17-21-29(22-18-28)33-23-6-8-24(3)5-2/h4,15-22,24-26H,1,5-14,23H2,2-3H3/t24-,25-,26-/m0/s1. The highest BCUT2D eigenvalue weighted by Crippen LogP contribution is 2.33. The van der Waals surface area contributed by atoms with Crippen molar-refractivity contribution in [3.05, 3.63) is 72.3 Å². The average molecular weight is 463 g/mol. The summed E-state index contributed by atoms with van der Waals surface area (Å²) in [6.45, 7) is 9.07. The van der Waals surface area contributed by atoms with E-state index in [2.05, 4.69) is 38.6 Å². The SMILES string of the molecule is C=CC[C@H]1CC[C@H](CCc2ccc(OC(=O)c3ccc(OCCC[C@@H](C)CC)cc3)cc2)CC1. The van der Waals surface area contributed by atoms with Gasteiger partial charge in [-0.25, -0.2) is 4.79 Å². The van der Waals surface area contributed by atoms with Crippen LogP contribution in [0.3, 0.4) is 0 Å². The van der Waals surface area contributed by atoms with E-state index in [-0.39, 0.29) is 5.97 Å². The lowest BCUT2D eigenvalue weighted by Crippen LogP contribution is -2.14. The predicted molar refractivity (Wildman–Crippen MR) is 141 cm³/mol. The van der Waals surface area contributed by atoms with E-state index in [1.54, 1.807) is 12.1 Å². The Morgan fingerprint density at radius 1 is 1.00 bits per heavy atom. The van der Waals surface area contributed by atoms with Crippen LogP contribution in [0.1, 0.15) is 87.6 Å². The monoisotopic (exact) mass is 462 g/mol. The van der Waals surface area contributed by atoms with Gasteiger partial charge in [-0.15, -0.1) is 6.58 Å². The molecule has 0 aromatic heterocycles. The maximum Gasteiger partial charge on any atom is 0.343 e. The summed E-state index contributed by atoms with van der Waals surface area (Å²) in [5.74, 6) is 3.47. The molecule has 0 spiro atoms. The summed E-state index contributed by atoms with van der Waals surface area (Å²) in [6, 6.07) is 15.2. The average Bonchev–Trinajstić information content (AvgIpc) is 2.87. The first-order chi connectivity index (χ1) is 16.6. The predicted octanol–water partition coefficient (Wildman–Crippen LogP) is 8.43. The Balaban J connectivity index is 1.39. The molecule has 0 unspecified atom stereocenters. The smallest absolute Gasteiger partial charge is 0.343 e. The van der Waals surface area contributed by atoms with Gasteiger partial charge in [-0.05, 0) is 105 Å². The highest BCUT2D eigenvalue weighted by Gasteiger charge is 2.20. The normalized spacial score (nSPS) is 18.8. The van der Waals surface area contributed by atoms with Crippen LogP contribution in [0.15, 0.2) is 61.2 Å². The van der Waals surface area contributed by atoms with Gasteiger partial charge in [0.15, 0.2) is 0 Å².